The van der Waals surface area contributed by atoms with Gasteiger partial charge in [-0.2, -0.15) is 0 Å². The van der Waals surface area contributed by atoms with Gasteiger partial charge in [-0.05, 0) is 36.8 Å². The number of unbranched alkanes of at least 4 members (excludes halogenated alkanes) is 1. The van der Waals surface area contributed by atoms with E-state index in [0.717, 1.165) is 12.8 Å². The molecule has 0 saturated carbocycles. The molecule has 1 aromatic carbocycles. The first-order valence-corrected chi connectivity index (χ1v) is 7.36. The third-order valence-electron chi connectivity index (χ3n) is 3.33. The second kappa shape index (κ2) is 7.49. The lowest BCUT2D eigenvalue weighted by Crippen LogP contribution is -2.11. The minimum absolute atomic E-state index is 0.0898. The number of carbonyl (C=O) groups is 2. The van der Waals surface area contributed by atoms with Crippen LogP contribution in [0.15, 0.2) is 34.7 Å². The molecule has 1 aromatic heterocycles. The van der Waals surface area contributed by atoms with Crippen LogP contribution in [-0.2, 0) is 4.79 Å². The Balaban J connectivity index is 2.26. The lowest BCUT2D eigenvalue weighted by molar-refractivity contribution is -0.116. The molecule has 1 amide bonds. The molecule has 2 rings (SSSR count). The van der Waals surface area contributed by atoms with Crippen molar-refractivity contribution in [2.75, 3.05) is 12.4 Å². The lowest BCUT2D eigenvalue weighted by Gasteiger charge is -2.11. The first-order valence-electron chi connectivity index (χ1n) is 7.36. The molecule has 0 bridgehead atoms. The summed E-state index contributed by atoms with van der Waals surface area (Å²) in [5, 5.41) is 11.7. The van der Waals surface area contributed by atoms with Gasteiger partial charge in [-0.3, -0.25) is 4.79 Å². The zero-order valence-corrected chi connectivity index (χ0v) is 13.1. The number of aromatic carboxylic acids is 1. The van der Waals surface area contributed by atoms with Crippen LogP contribution in [0.2, 0.25) is 0 Å². The zero-order valence-electron chi connectivity index (χ0n) is 13.1. The number of anilines is 1. The summed E-state index contributed by atoms with van der Waals surface area (Å²) in [6, 6.07) is 8.11. The van der Waals surface area contributed by atoms with Gasteiger partial charge in [0.25, 0.3) is 0 Å². The summed E-state index contributed by atoms with van der Waals surface area (Å²) >= 11 is 0. The van der Waals surface area contributed by atoms with Crippen molar-refractivity contribution >= 4 is 17.6 Å². The maximum absolute atomic E-state index is 11.9. The molecule has 2 N–H and O–H groups in total. The van der Waals surface area contributed by atoms with Crippen LogP contribution in [0.3, 0.4) is 0 Å². The number of carboxylic acids is 1. The smallest absolute Gasteiger partial charge is 0.371 e. The van der Waals surface area contributed by atoms with Crippen molar-refractivity contribution in [3.8, 4) is 17.1 Å². The minimum atomic E-state index is -1.13. The lowest BCUT2D eigenvalue weighted by atomic mass is 10.1. The summed E-state index contributed by atoms with van der Waals surface area (Å²) < 4.78 is 10.5. The highest BCUT2D eigenvalue weighted by Gasteiger charge is 2.13. The van der Waals surface area contributed by atoms with Crippen molar-refractivity contribution in [1.82, 2.24) is 0 Å². The molecule has 23 heavy (non-hydrogen) atoms. The Kier molecular flexibility index (Phi) is 5.41. The van der Waals surface area contributed by atoms with Crippen molar-refractivity contribution < 1.29 is 23.8 Å². The van der Waals surface area contributed by atoms with Crippen LogP contribution in [0.1, 0.15) is 36.7 Å². The number of carboxylic acid groups (broad SMARTS) is 1. The maximum atomic E-state index is 11.9. The van der Waals surface area contributed by atoms with Gasteiger partial charge >= 0.3 is 5.97 Å². The number of furan rings is 1. The SMILES string of the molecule is CCCCC(=O)Nc1cc(-c2ccc(C(=O)O)o2)ccc1OC. The molecular weight excluding hydrogens is 298 g/mol. The summed E-state index contributed by atoms with van der Waals surface area (Å²) in [5.74, 6) is -0.409. The summed E-state index contributed by atoms with van der Waals surface area (Å²) in [6.07, 6.45) is 2.19. The van der Waals surface area contributed by atoms with E-state index in [1.807, 2.05) is 6.92 Å². The van der Waals surface area contributed by atoms with Gasteiger partial charge in [0.1, 0.15) is 11.5 Å². The van der Waals surface area contributed by atoms with E-state index >= 15 is 0 Å². The van der Waals surface area contributed by atoms with Gasteiger partial charge in [0, 0.05) is 12.0 Å². The highest BCUT2D eigenvalue weighted by atomic mass is 16.5. The van der Waals surface area contributed by atoms with E-state index in [1.165, 1.54) is 13.2 Å². The molecule has 0 aliphatic rings. The molecule has 2 aromatic rings. The fourth-order valence-electron chi connectivity index (χ4n) is 2.12. The van der Waals surface area contributed by atoms with Crippen LogP contribution in [0, 0.1) is 0 Å². The summed E-state index contributed by atoms with van der Waals surface area (Å²) in [5.41, 5.74) is 1.18. The van der Waals surface area contributed by atoms with Crippen LogP contribution in [-0.4, -0.2) is 24.1 Å². The van der Waals surface area contributed by atoms with Crippen LogP contribution < -0.4 is 10.1 Å². The zero-order chi connectivity index (χ0) is 16.8. The first kappa shape index (κ1) is 16.6. The topological polar surface area (TPSA) is 88.8 Å². The molecule has 0 radical (unpaired) electrons. The van der Waals surface area contributed by atoms with Gasteiger partial charge < -0.3 is 19.6 Å². The number of methoxy groups -OCH3 is 1. The Morgan fingerprint density at radius 3 is 2.65 bits per heavy atom. The average Bonchev–Trinajstić information content (AvgIpc) is 3.03. The average molecular weight is 317 g/mol. The van der Waals surface area contributed by atoms with Crippen LogP contribution in [0.25, 0.3) is 11.3 Å². The van der Waals surface area contributed by atoms with Crippen LogP contribution in [0.5, 0.6) is 5.75 Å². The first-order chi connectivity index (χ1) is 11.0. The summed E-state index contributed by atoms with van der Waals surface area (Å²) in [7, 11) is 1.52. The van der Waals surface area contributed by atoms with E-state index in [4.69, 9.17) is 14.3 Å². The van der Waals surface area contributed by atoms with Crippen LogP contribution >= 0.6 is 0 Å². The van der Waals surface area contributed by atoms with Crippen molar-refractivity contribution in [1.29, 1.82) is 0 Å². The molecule has 0 spiro atoms. The Labute approximate surface area is 134 Å². The van der Waals surface area contributed by atoms with Crippen LogP contribution in [0.4, 0.5) is 5.69 Å². The second-order valence-corrected chi connectivity index (χ2v) is 5.04. The van der Waals surface area contributed by atoms with Gasteiger partial charge in [0.05, 0.1) is 12.8 Å². The fourth-order valence-corrected chi connectivity index (χ4v) is 2.12. The standard InChI is InChI=1S/C17H19NO5/c1-3-4-5-16(19)18-12-10-11(6-7-14(12)22-2)13-8-9-15(23-13)17(20)21/h6-10H,3-5H2,1-2H3,(H,18,19)(H,20,21). The van der Waals surface area contributed by atoms with Gasteiger partial charge in [0.2, 0.25) is 11.7 Å². The minimum Gasteiger partial charge on any atom is -0.495 e. The van der Waals surface area contributed by atoms with Crippen molar-refractivity contribution in [2.24, 2.45) is 0 Å². The van der Waals surface area contributed by atoms with Gasteiger partial charge in [-0.15, -0.1) is 0 Å². The van der Waals surface area contributed by atoms with E-state index in [1.54, 1.807) is 24.3 Å². The largest absolute Gasteiger partial charge is 0.495 e. The van der Waals surface area contributed by atoms with E-state index in [9.17, 15) is 9.59 Å². The van der Waals surface area contributed by atoms with E-state index in [0.29, 0.717) is 29.2 Å². The Morgan fingerprint density at radius 1 is 1.26 bits per heavy atom. The van der Waals surface area contributed by atoms with Crippen molar-refractivity contribution in [3.63, 3.8) is 0 Å². The monoisotopic (exact) mass is 317 g/mol. The third kappa shape index (κ3) is 4.12. The molecular formula is C17H19NO5. The number of carbonyl (C=O) groups excluding carboxylic acids is 1. The van der Waals surface area contributed by atoms with Crippen molar-refractivity contribution in [3.05, 3.63) is 36.1 Å². The molecule has 0 unspecified atom stereocenters. The molecule has 122 valence electrons. The highest BCUT2D eigenvalue weighted by Crippen LogP contribution is 2.31. The van der Waals surface area contributed by atoms with E-state index in [2.05, 4.69) is 5.32 Å². The molecule has 1 heterocycles. The molecule has 6 heteroatoms. The molecule has 0 saturated heterocycles. The number of rotatable bonds is 7. The number of nitrogens with one attached hydrogen (secondary N) is 1. The van der Waals surface area contributed by atoms with Crippen molar-refractivity contribution in [2.45, 2.75) is 26.2 Å². The third-order valence-corrected chi connectivity index (χ3v) is 3.33. The van der Waals surface area contributed by atoms with E-state index < -0.39 is 5.97 Å². The predicted molar refractivity (Wildman–Crippen MR) is 85.8 cm³/mol. The fraction of sp³-hybridized carbons (Fsp3) is 0.294. The predicted octanol–water partition coefficient (Wildman–Crippen LogP) is 3.78. The number of hydrogen-bond acceptors (Lipinski definition) is 4. The number of hydrogen-bond donors (Lipinski definition) is 2. The molecule has 0 aliphatic heterocycles. The summed E-state index contributed by atoms with van der Waals surface area (Å²) in [6.45, 7) is 2.02. The van der Waals surface area contributed by atoms with E-state index in [-0.39, 0.29) is 11.7 Å². The number of benzene rings is 1. The van der Waals surface area contributed by atoms with Gasteiger partial charge in [-0.25, -0.2) is 4.79 Å². The van der Waals surface area contributed by atoms with Gasteiger partial charge in [-0.1, -0.05) is 13.3 Å². The molecule has 0 fully saturated rings. The highest BCUT2D eigenvalue weighted by molar-refractivity contribution is 5.93. The number of ether oxygens (including phenoxy) is 1. The van der Waals surface area contributed by atoms with Gasteiger partial charge in [0.15, 0.2) is 0 Å². The summed E-state index contributed by atoms with van der Waals surface area (Å²) in [4.78, 5) is 22.8. The Hall–Kier alpha value is -2.76. The quantitative estimate of drug-likeness (QED) is 0.811. The number of amides is 1. The normalized spacial score (nSPS) is 10.3. The molecule has 0 aliphatic carbocycles. The molecule has 0 atom stereocenters. The Bertz CT molecular complexity index is 705. The Morgan fingerprint density at radius 2 is 2.04 bits per heavy atom. The molecule has 6 nitrogen and oxygen atoms in total. The second-order valence-electron chi connectivity index (χ2n) is 5.04. The maximum Gasteiger partial charge on any atom is 0.371 e.